The predicted octanol–water partition coefficient (Wildman–Crippen LogP) is 1.96. The molecule has 14 heavy (non-hydrogen) atoms. The Balaban J connectivity index is 2.26. The van der Waals surface area contributed by atoms with Crippen molar-refractivity contribution in [1.82, 2.24) is 0 Å². The number of rotatable bonds is 4. The third-order valence-corrected chi connectivity index (χ3v) is 1.81. The van der Waals surface area contributed by atoms with Gasteiger partial charge in [-0.05, 0) is 38.8 Å². The van der Waals surface area contributed by atoms with Crippen molar-refractivity contribution in [3.05, 3.63) is 24.2 Å². The normalized spacial score (nSPS) is 14.3. The Kier molecular flexibility index (Phi) is 3.72. The number of ether oxygens (including phenoxy) is 1. The molecule has 0 saturated carbocycles. The lowest BCUT2D eigenvalue weighted by atomic mass is 10.1. The first-order valence-corrected chi connectivity index (χ1v) is 4.88. The molecule has 1 unspecified atom stereocenters. The first-order chi connectivity index (χ1) is 6.47. The third kappa shape index (κ3) is 4.44. The lowest BCUT2D eigenvalue weighted by Gasteiger charge is -2.22. The topological polar surface area (TPSA) is 48.4 Å². The molecule has 1 atom stereocenters. The Morgan fingerprint density at radius 3 is 2.71 bits per heavy atom. The molecule has 3 heteroatoms. The average Bonchev–Trinajstić information content (AvgIpc) is 2.52. The van der Waals surface area contributed by atoms with Gasteiger partial charge in [0.1, 0.15) is 0 Å². The van der Waals surface area contributed by atoms with Gasteiger partial charge in [-0.15, -0.1) is 0 Å². The van der Waals surface area contributed by atoms with Gasteiger partial charge in [0, 0.05) is 6.04 Å². The van der Waals surface area contributed by atoms with Gasteiger partial charge >= 0.3 is 0 Å². The van der Waals surface area contributed by atoms with Gasteiger partial charge in [0.25, 0.3) is 0 Å². The number of nitrogens with two attached hydrogens (primary N) is 1. The SMILES string of the molecule is CC(C)(C)OCC(N)Cc1ccoc1. The lowest BCUT2D eigenvalue weighted by Crippen LogP contribution is -2.33. The summed E-state index contributed by atoms with van der Waals surface area (Å²) in [7, 11) is 0. The highest BCUT2D eigenvalue weighted by Crippen LogP contribution is 2.09. The average molecular weight is 197 g/mol. The smallest absolute Gasteiger partial charge is 0.0935 e. The highest BCUT2D eigenvalue weighted by atomic mass is 16.5. The maximum absolute atomic E-state index is 5.91. The van der Waals surface area contributed by atoms with Crippen LogP contribution in [-0.2, 0) is 11.2 Å². The molecule has 0 saturated heterocycles. The summed E-state index contributed by atoms with van der Waals surface area (Å²) < 4.78 is 10.5. The van der Waals surface area contributed by atoms with Gasteiger partial charge in [-0.2, -0.15) is 0 Å². The number of hydrogen-bond acceptors (Lipinski definition) is 3. The van der Waals surface area contributed by atoms with E-state index in [-0.39, 0.29) is 11.6 Å². The van der Waals surface area contributed by atoms with Gasteiger partial charge in [0.2, 0.25) is 0 Å². The quantitative estimate of drug-likeness (QED) is 0.802. The zero-order valence-electron chi connectivity index (χ0n) is 9.12. The van der Waals surface area contributed by atoms with Gasteiger partial charge in [0.05, 0.1) is 24.7 Å². The van der Waals surface area contributed by atoms with Crippen molar-refractivity contribution in [2.45, 2.75) is 38.8 Å². The van der Waals surface area contributed by atoms with E-state index in [9.17, 15) is 0 Å². The van der Waals surface area contributed by atoms with Crippen LogP contribution >= 0.6 is 0 Å². The van der Waals surface area contributed by atoms with Crippen LogP contribution in [0.1, 0.15) is 26.3 Å². The van der Waals surface area contributed by atoms with Crippen LogP contribution in [0.15, 0.2) is 23.0 Å². The van der Waals surface area contributed by atoms with Crippen LogP contribution in [0.5, 0.6) is 0 Å². The Bertz CT molecular complexity index is 249. The molecule has 80 valence electrons. The van der Waals surface area contributed by atoms with Crippen LogP contribution in [0.4, 0.5) is 0 Å². The summed E-state index contributed by atoms with van der Waals surface area (Å²) in [6, 6.07) is 1.96. The Labute approximate surface area is 85.2 Å². The van der Waals surface area contributed by atoms with Crippen LogP contribution in [-0.4, -0.2) is 18.2 Å². The molecule has 0 aromatic carbocycles. The molecule has 1 aromatic heterocycles. The molecule has 1 rings (SSSR count). The monoisotopic (exact) mass is 197 g/mol. The Morgan fingerprint density at radius 2 is 2.21 bits per heavy atom. The van der Waals surface area contributed by atoms with E-state index in [1.807, 2.05) is 26.8 Å². The first-order valence-electron chi connectivity index (χ1n) is 4.88. The summed E-state index contributed by atoms with van der Waals surface area (Å²) in [5.74, 6) is 0. The van der Waals surface area contributed by atoms with Crippen LogP contribution in [0.3, 0.4) is 0 Å². The third-order valence-electron chi connectivity index (χ3n) is 1.81. The molecule has 1 aromatic rings. The van der Waals surface area contributed by atoms with E-state index < -0.39 is 0 Å². The van der Waals surface area contributed by atoms with Crippen molar-refractivity contribution < 1.29 is 9.15 Å². The standard InChI is InChI=1S/C11H19NO2/c1-11(2,3)14-8-10(12)6-9-4-5-13-7-9/h4-5,7,10H,6,8,12H2,1-3H3. The largest absolute Gasteiger partial charge is 0.472 e. The van der Waals surface area contributed by atoms with Gasteiger partial charge in [-0.1, -0.05) is 0 Å². The number of hydrogen-bond donors (Lipinski definition) is 1. The lowest BCUT2D eigenvalue weighted by molar-refractivity contribution is -0.00984. The van der Waals surface area contributed by atoms with Crippen molar-refractivity contribution in [2.24, 2.45) is 5.73 Å². The minimum absolute atomic E-state index is 0.0341. The maximum atomic E-state index is 5.91. The van der Waals surface area contributed by atoms with Gasteiger partial charge < -0.3 is 14.9 Å². The summed E-state index contributed by atoms with van der Waals surface area (Å²) >= 11 is 0. The van der Waals surface area contributed by atoms with E-state index in [2.05, 4.69) is 0 Å². The molecule has 0 spiro atoms. The first kappa shape index (κ1) is 11.3. The van der Waals surface area contributed by atoms with E-state index >= 15 is 0 Å². The zero-order chi connectivity index (χ0) is 10.6. The van der Waals surface area contributed by atoms with E-state index in [4.69, 9.17) is 14.9 Å². The summed E-state index contributed by atoms with van der Waals surface area (Å²) in [6.07, 6.45) is 4.18. The minimum Gasteiger partial charge on any atom is -0.472 e. The van der Waals surface area contributed by atoms with Crippen LogP contribution in [0, 0.1) is 0 Å². The van der Waals surface area contributed by atoms with E-state index in [0.29, 0.717) is 6.61 Å². The fraction of sp³-hybridized carbons (Fsp3) is 0.636. The molecule has 0 amide bonds. The Hall–Kier alpha value is -0.800. The molecule has 0 aliphatic carbocycles. The van der Waals surface area contributed by atoms with E-state index in [0.717, 1.165) is 12.0 Å². The van der Waals surface area contributed by atoms with Crippen molar-refractivity contribution in [1.29, 1.82) is 0 Å². The van der Waals surface area contributed by atoms with E-state index in [1.54, 1.807) is 12.5 Å². The van der Waals surface area contributed by atoms with Gasteiger partial charge in [-0.3, -0.25) is 0 Å². The van der Waals surface area contributed by atoms with Crippen molar-refractivity contribution in [2.75, 3.05) is 6.61 Å². The van der Waals surface area contributed by atoms with Crippen LogP contribution in [0.2, 0.25) is 0 Å². The molecule has 0 aliphatic heterocycles. The zero-order valence-corrected chi connectivity index (χ0v) is 9.12. The molecular formula is C11H19NO2. The number of furan rings is 1. The molecule has 3 nitrogen and oxygen atoms in total. The van der Waals surface area contributed by atoms with Crippen molar-refractivity contribution in [3.8, 4) is 0 Å². The fourth-order valence-electron chi connectivity index (χ4n) is 1.13. The second-order valence-corrected chi connectivity index (χ2v) is 4.52. The van der Waals surface area contributed by atoms with Crippen LogP contribution in [0.25, 0.3) is 0 Å². The molecule has 0 aliphatic rings. The molecule has 0 bridgehead atoms. The van der Waals surface area contributed by atoms with Crippen molar-refractivity contribution in [3.63, 3.8) is 0 Å². The summed E-state index contributed by atoms with van der Waals surface area (Å²) in [6.45, 7) is 6.65. The highest BCUT2D eigenvalue weighted by molar-refractivity contribution is 5.06. The molecular weight excluding hydrogens is 178 g/mol. The van der Waals surface area contributed by atoms with Gasteiger partial charge in [-0.25, -0.2) is 0 Å². The van der Waals surface area contributed by atoms with Gasteiger partial charge in [0.15, 0.2) is 0 Å². The molecule has 0 fully saturated rings. The Morgan fingerprint density at radius 1 is 1.50 bits per heavy atom. The second kappa shape index (κ2) is 4.62. The predicted molar refractivity (Wildman–Crippen MR) is 56.1 cm³/mol. The second-order valence-electron chi connectivity index (χ2n) is 4.52. The molecule has 2 N–H and O–H groups in total. The minimum atomic E-state index is -0.117. The molecule has 1 heterocycles. The molecule has 0 radical (unpaired) electrons. The summed E-state index contributed by atoms with van der Waals surface area (Å²) in [5, 5.41) is 0. The maximum Gasteiger partial charge on any atom is 0.0935 e. The summed E-state index contributed by atoms with van der Waals surface area (Å²) in [5.41, 5.74) is 6.91. The summed E-state index contributed by atoms with van der Waals surface area (Å²) in [4.78, 5) is 0. The van der Waals surface area contributed by atoms with E-state index in [1.165, 1.54) is 0 Å². The fourth-order valence-corrected chi connectivity index (χ4v) is 1.13. The highest BCUT2D eigenvalue weighted by Gasteiger charge is 2.13. The van der Waals surface area contributed by atoms with Crippen LogP contribution < -0.4 is 5.73 Å². The van der Waals surface area contributed by atoms with Crippen molar-refractivity contribution >= 4 is 0 Å².